The molecule has 2 rings (SSSR count). The van der Waals surface area contributed by atoms with Crippen LogP contribution in [0.1, 0.15) is 44.1 Å². The molecule has 1 N–H and O–H groups in total. The Kier molecular flexibility index (Phi) is 5.08. The number of benzene rings is 1. The van der Waals surface area contributed by atoms with Crippen molar-refractivity contribution in [2.45, 2.75) is 44.6 Å². The number of rotatable bonds is 6. The SMILES string of the molecule is CCCNC1CCCC1c1ccc(OC)c(OC)c1. The zero-order valence-electron chi connectivity index (χ0n) is 12.2. The van der Waals surface area contributed by atoms with Crippen LogP contribution in [0, 0.1) is 0 Å². The molecule has 0 aliphatic heterocycles. The summed E-state index contributed by atoms with van der Waals surface area (Å²) in [6.45, 7) is 3.32. The first-order valence-electron chi connectivity index (χ1n) is 7.25. The molecule has 0 bridgehead atoms. The van der Waals surface area contributed by atoms with Gasteiger partial charge in [0.1, 0.15) is 0 Å². The molecule has 1 aliphatic carbocycles. The van der Waals surface area contributed by atoms with Crippen molar-refractivity contribution in [3.05, 3.63) is 23.8 Å². The average Bonchev–Trinajstić information content (AvgIpc) is 2.92. The minimum Gasteiger partial charge on any atom is -0.493 e. The first kappa shape index (κ1) is 14.2. The van der Waals surface area contributed by atoms with Gasteiger partial charge < -0.3 is 14.8 Å². The Morgan fingerprint density at radius 3 is 2.63 bits per heavy atom. The molecule has 0 heterocycles. The van der Waals surface area contributed by atoms with Gasteiger partial charge in [-0.2, -0.15) is 0 Å². The molecule has 1 saturated carbocycles. The van der Waals surface area contributed by atoms with E-state index in [9.17, 15) is 0 Å². The maximum Gasteiger partial charge on any atom is 0.160 e. The summed E-state index contributed by atoms with van der Waals surface area (Å²) in [6.07, 6.45) is 5.03. The number of ether oxygens (including phenoxy) is 2. The second kappa shape index (κ2) is 6.80. The van der Waals surface area contributed by atoms with Gasteiger partial charge in [0.05, 0.1) is 14.2 Å². The van der Waals surface area contributed by atoms with E-state index in [1.807, 2.05) is 6.07 Å². The lowest BCUT2D eigenvalue weighted by molar-refractivity contribution is 0.353. The second-order valence-electron chi connectivity index (χ2n) is 5.21. The van der Waals surface area contributed by atoms with Crippen LogP contribution in [0.3, 0.4) is 0 Å². The van der Waals surface area contributed by atoms with Gasteiger partial charge in [-0.25, -0.2) is 0 Å². The summed E-state index contributed by atoms with van der Waals surface area (Å²) >= 11 is 0. The second-order valence-corrected chi connectivity index (χ2v) is 5.21. The van der Waals surface area contributed by atoms with E-state index in [1.165, 1.54) is 31.2 Å². The summed E-state index contributed by atoms with van der Waals surface area (Å²) in [6, 6.07) is 6.94. The third-order valence-electron chi connectivity index (χ3n) is 4.01. The Morgan fingerprint density at radius 2 is 1.95 bits per heavy atom. The zero-order valence-corrected chi connectivity index (χ0v) is 12.2. The predicted octanol–water partition coefficient (Wildman–Crippen LogP) is 3.34. The Bertz CT molecular complexity index is 406. The fraction of sp³-hybridized carbons (Fsp3) is 0.625. The molecule has 3 heteroatoms. The van der Waals surface area contributed by atoms with E-state index in [2.05, 4.69) is 24.4 Å². The molecule has 0 saturated heterocycles. The Hall–Kier alpha value is -1.22. The van der Waals surface area contributed by atoms with Crippen LogP contribution in [0.5, 0.6) is 11.5 Å². The largest absolute Gasteiger partial charge is 0.493 e. The number of nitrogens with one attached hydrogen (secondary N) is 1. The van der Waals surface area contributed by atoms with Gasteiger partial charge in [0, 0.05) is 6.04 Å². The summed E-state index contributed by atoms with van der Waals surface area (Å²) in [7, 11) is 3.38. The zero-order chi connectivity index (χ0) is 13.7. The van der Waals surface area contributed by atoms with Gasteiger partial charge in [0.2, 0.25) is 0 Å². The van der Waals surface area contributed by atoms with Crippen LogP contribution in [0.15, 0.2) is 18.2 Å². The summed E-state index contributed by atoms with van der Waals surface area (Å²) < 4.78 is 10.7. The lowest BCUT2D eigenvalue weighted by Gasteiger charge is -2.22. The molecule has 106 valence electrons. The molecule has 1 aromatic carbocycles. The fourth-order valence-electron chi connectivity index (χ4n) is 3.02. The normalized spacial score (nSPS) is 22.5. The fourth-order valence-corrected chi connectivity index (χ4v) is 3.02. The third kappa shape index (κ3) is 3.21. The van der Waals surface area contributed by atoms with Crippen LogP contribution in [0.25, 0.3) is 0 Å². The summed E-state index contributed by atoms with van der Waals surface area (Å²) in [4.78, 5) is 0. The quantitative estimate of drug-likeness (QED) is 0.854. The van der Waals surface area contributed by atoms with Gasteiger partial charge in [-0.05, 0) is 49.4 Å². The molecule has 1 aliphatic rings. The van der Waals surface area contributed by atoms with Crippen molar-refractivity contribution in [2.24, 2.45) is 0 Å². The van der Waals surface area contributed by atoms with E-state index >= 15 is 0 Å². The molecule has 1 fully saturated rings. The van der Waals surface area contributed by atoms with E-state index < -0.39 is 0 Å². The minimum atomic E-state index is 0.603. The lowest BCUT2D eigenvalue weighted by atomic mass is 9.93. The van der Waals surface area contributed by atoms with Crippen LogP contribution in [0.4, 0.5) is 0 Å². The van der Waals surface area contributed by atoms with Crippen molar-refractivity contribution in [3.8, 4) is 11.5 Å². The van der Waals surface area contributed by atoms with Crippen molar-refractivity contribution in [3.63, 3.8) is 0 Å². The maximum atomic E-state index is 5.41. The van der Waals surface area contributed by atoms with E-state index in [0.717, 1.165) is 18.0 Å². The van der Waals surface area contributed by atoms with Crippen molar-refractivity contribution >= 4 is 0 Å². The van der Waals surface area contributed by atoms with Crippen molar-refractivity contribution in [2.75, 3.05) is 20.8 Å². The first-order chi connectivity index (χ1) is 9.30. The van der Waals surface area contributed by atoms with Crippen LogP contribution < -0.4 is 14.8 Å². The Labute approximate surface area is 116 Å². The number of hydrogen-bond donors (Lipinski definition) is 1. The van der Waals surface area contributed by atoms with Crippen LogP contribution in [-0.2, 0) is 0 Å². The molecule has 19 heavy (non-hydrogen) atoms. The highest BCUT2D eigenvalue weighted by atomic mass is 16.5. The summed E-state index contributed by atoms with van der Waals surface area (Å²) in [5, 5.41) is 3.67. The van der Waals surface area contributed by atoms with E-state index in [1.54, 1.807) is 14.2 Å². The lowest BCUT2D eigenvalue weighted by Crippen LogP contribution is -2.31. The van der Waals surface area contributed by atoms with Crippen LogP contribution in [0.2, 0.25) is 0 Å². The molecule has 3 nitrogen and oxygen atoms in total. The highest BCUT2D eigenvalue weighted by Gasteiger charge is 2.28. The molecule has 2 unspecified atom stereocenters. The average molecular weight is 263 g/mol. The van der Waals surface area contributed by atoms with E-state index in [-0.39, 0.29) is 0 Å². The minimum absolute atomic E-state index is 0.603. The van der Waals surface area contributed by atoms with Gasteiger partial charge in [-0.15, -0.1) is 0 Å². The molecule has 0 spiro atoms. The van der Waals surface area contributed by atoms with Crippen molar-refractivity contribution in [1.82, 2.24) is 5.32 Å². The van der Waals surface area contributed by atoms with E-state index in [0.29, 0.717) is 12.0 Å². The highest BCUT2D eigenvalue weighted by molar-refractivity contribution is 5.44. The van der Waals surface area contributed by atoms with Gasteiger partial charge in [0.15, 0.2) is 11.5 Å². The van der Waals surface area contributed by atoms with Gasteiger partial charge in [-0.3, -0.25) is 0 Å². The smallest absolute Gasteiger partial charge is 0.160 e. The molecule has 0 amide bonds. The molecule has 1 aromatic rings. The Morgan fingerprint density at radius 1 is 1.16 bits per heavy atom. The van der Waals surface area contributed by atoms with Crippen LogP contribution in [-0.4, -0.2) is 26.8 Å². The topological polar surface area (TPSA) is 30.5 Å². The highest BCUT2D eigenvalue weighted by Crippen LogP contribution is 2.38. The predicted molar refractivity (Wildman–Crippen MR) is 78.2 cm³/mol. The molecular weight excluding hydrogens is 238 g/mol. The van der Waals surface area contributed by atoms with Crippen molar-refractivity contribution in [1.29, 1.82) is 0 Å². The Balaban J connectivity index is 2.16. The van der Waals surface area contributed by atoms with Crippen molar-refractivity contribution < 1.29 is 9.47 Å². The first-order valence-corrected chi connectivity index (χ1v) is 7.25. The van der Waals surface area contributed by atoms with Gasteiger partial charge in [-0.1, -0.05) is 19.4 Å². The summed E-state index contributed by atoms with van der Waals surface area (Å²) in [5.74, 6) is 2.25. The molecule has 2 atom stereocenters. The number of hydrogen-bond acceptors (Lipinski definition) is 3. The van der Waals surface area contributed by atoms with E-state index in [4.69, 9.17) is 9.47 Å². The molecular formula is C16H25NO2. The monoisotopic (exact) mass is 263 g/mol. The third-order valence-corrected chi connectivity index (χ3v) is 4.01. The van der Waals surface area contributed by atoms with Gasteiger partial charge >= 0.3 is 0 Å². The maximum absolute atomic E-state index is 5.41. The summed E-state index contributed by atoms with van der Waals surface area (Å²) in [5.41, 5.74) is 1.36. The molecule has 0 radical (unpaired) electrons. The standard InChI is InChI=1S/C16H25NO2/c1-4-10-17-14-7-5-6-13(14)12-8-9-15(18-2)16(11-12)19-3/h8-9,11,13-14,17H,4-7,10H2,1-3H3. The van der Waals surface area contributed by atoms with Gasteiger partial charge in [0.25, 0.3) is 0 Å². The molecule has 0 aromatic heterocycles. The number of methoxy groups -OCH3 is 2. The van der Waals surface area contributed by atoms with Crippen LogP contribution >= 0.6 is 0 Å².